The highest BCUT2D eigenvalue weighted by Gasteiger charge is 2.33. The summed E-state index contributed by atoms with van der Waals surface area (Å²) >= 11 is 0. The van der Waals surface area contributed by atoms with Crippen LogP contribution >= 0.6 is 0 Å². The number of nitrogens with zero attached hydrogens (tertiary/aromatic N) is 4. The van der Waals surface area contributed by atoms with Crippen LogP contribution in [0.2, 0.25) is 0 Å². The predicted molar refractivity (Wildman–Crippen MR) is 157 cm³/mol. The third-order valence-electron chi connectivity index (χ3n) is 6.62. The maximum absolute atomic E-state index is 13.5. The highest BCUT2D eigenvalue weighted by molar-refractivity contribution is 5.71. The molecule has 6 aromatic rings. The summed E-state index contributed by atoms with van der Waals surface area (Å²) in [5.41, 5.74) is 3.36. The van der Waals surface area contributed by atoms with E-state index in [4.69, 9.17) is 9.47 Å². The number of ether oxygens (including phenoxy) is 2. The summed E-state index contributed by atoms with van der Waals surface area (Å²) < 4.78 is 54.3. The highest BCUT2D eigenvalue weighted by atomic mass is 19.4. The van der Waals surface area contributed by atoms with Gasteiger partial charge in [0.15, 0.2) is 11.5 Å². The fraction of sp³-hybridized carbons (Fsp3) is 0.0882. The van der Waals surface area contributed by atoms with E-state index in [1.54, 1.807) is 18.2 Å². The van der Waals surface area contributed by atoms with E-state index >= 15 is 0 Å². The van der Waals surface area contributed by atoms with Crippen LogP contribution in [-0.2, 0) is 19.4 Å². The summed E-state index contributed by atoms with van der Waals surface area (Å²) in [6, 6.07) is 36.8. The van der Waals surface area contributed by atoms with Crippen molar-refractivity contribution in [2.45, 2.75) is 19.4 Å². The largest absolute Gasteiger partial charge is 0.485 e. The number of hydrogen-bond acceptors (Lipinski definition) is 5. The zero-order chi connectivity index (χ0) is 29.6. The van der Waals surface area contributed by atoms with Gasteiger partial charge in [0.2, 0.25) is 0 Å². The van der Waals surface area contributed by atoms with Gasteiger partial charge in [-0.2, -0.15) is 23.0 Å². The molecule has 0 saturated heterocycles. The van der Waals surface area contributed by atoms with Crippen molar-refractivity contribution in [1.82, 2.24) is 19.7 Å². The molecule has 0 saturated carbocycles. The Hall–Kier alpha value is -5.44. The summed E-state index contributed by atoms with van der Waals surface area (Å²) in [5, 5.41) is 4.62. The van der Waals surface area contributed by atoms with Crippen LogP contribution in [0.3, 0.4) is 0 Å². The molecule has 6 nitrogen and oxygen atoms in total. The van der Waals surface area contributed by atoms with Crippen molar-refractivity contribution in [2.24, 2.45) is 0 Å². The molecule has 0 amide bonds. The van der Waals surface area contributed by atoms with E-state index in [2.05, 4.69) is 15.1 Å². The lowest BCUT2D eigenvalue weighted by molar-refractivity contribution is -0.141. The van der Waals surface area contributed by atoms with Crippen molar-refractivity contribution in [2.75, 3.05) is 0 Å². The number of aromatic nitrogens is 4. The molecule has 0 bridgehead atoms. The minimum atomic E-state index is -4.64. The molecule has 4 aromatic carbocycles. The molecular formula is C34H25F3N4O2. The quantitative estimate of drug-likeness (QED) is 0.173. The van der Waals surface area contributed by atoms with Crippen LogP contribution in [0.25, 0.3) is 28.5 Å². The fourth-order valence-corrected chi connectivity index (χ4v) is 4.47. The summed E-state index contributed by atoms with van der Waals surface area (Å²) in [6.45, 7) is 0.618. The Morgan fingerprint density at radius 2 is 1.23 bits per heavy atom. The fourth-order valence-electron chi connectivity index (χ4n) is 4.47. The molecule has 0 N–H and O–H groups in total. The molecule has 43 heavy (non-hydrogen) atoms. The van der Waals surface area contributed by atoms with Gasteiger partial charge in [-0.1, -0.05) is 91.0 Å². The van der Waals surface area contributed by atoms with E-state index in [9.17, 15) is 13.2 Å². The van der Waals surface area contributed by atoms with Gasteiger partial charge in [-0.25, -0.2) is 9.97 Å². The zero-order valence-corrected chi connectivity index (χ0v) is 22.8. The van der Waals surface area contributed by atoms with Gasteiger partial charge in [-0.15, -0.1) is 0 Å². The van der Waals surface area contributed by atoms with Crippen LogP contribution in [0.15, 0.2) is 128 Å². The van der Waals surface area contributed by atoms with Gasteiger partial charge in [-0.05, 0) is 41.5 Å². The van der Waals surface area contributed by atoms with Crippen LogP contribution < -0.4 is 9.47 Å². The normalized spacial score (nSPS) is 11.3. The van der Waals surface area contributed by atoms with E-state index in [0.29, 0.717) is 35.1 Å². The first-order chi connectivity index (χ1) is 20.9. The lowest BCUT2D eigenvalue weighted by Crippen LogP contribution is -2.12. The van der Waals surface area contributed by atoms with Gasteiger partial charge in [-0.3, -0.25) is 0 Å². The molecule has 0 spiro atoms. The maximum Gasteiger partial charge on any atom is 0.433 e. The van der Waals surface area contributed by atoms with E-state index in [-0.39, 0.29) is 12.6 Å². The Morgan fingerprint density at radius 1 is 0.628 bits per heavy atom. The molecule has 6 rings (SSSR count). The lowest BCUT2D eigenvalue weighted by atomic mass is 10.1. The predicted octanol–water partition coefficient (Wildman–Crippen LogP) is 8.17. The summed E-state index contributed by atoms with van der Waals surface area (Å²) in [7, 11) is 0. The molecular weight excluding hydrogens is 553 g/mol. The van der Waals surface area contributed by atoms with Gasteiger partial charge < -0.3 is 9.47 Å². The molecule has 214 valence electrons. The average molecular weight is 579 g/mol. The molecule has 0 fully saturated rings. The molecule has 0 aliphatic carbocycles. The third-order valence-corrected chi connectivity index (χ3v) is 6.62. The van der Waals surface area contributed by atoms with Crippen LogP contribution in [0, 0.1) is 0 Å². The topological polar surface area (TPSA) is 62.1 Å². The van der Waals surface area contributed by atoms with E-state index in [1.807, 2.05) is 97.1 Å². The van der Waals surface area contributed by atoms with E-state index in [0.717, 1.165) is 29.0 Å². The second-order valence-corrected chi connectivity index (χ2v) is 9.64. The minimum absolute atomic E-state index is 0.205. The SMILES string of the molecule is FC(F)(F)c1ccnc(-n2nc(-c3ccccc3)cc2-c2ccc(OCc3ccccc3)c(OCc3ccccc3)c2)n1. The van der Waals surface area contributed by atoms with Crippen molar-refractivity contribution in [3.8, 4) is 40.0 Å². The molecule has 0 unspecified atom stereocenters. The lowest BCUT2D eigenvalue weighted by Gasteiger charge is -2.15. The first-order valence-electron chi connectivity index (χ1n) is 13.5. The summed E-state index contributed by atoms with van der Waals surface area (Å²) in [5.74, 6) is 0.785. The molecule has 2 heterocycles. The zero-order valence-electron chi connectivity index (χ0n) is 22.8. The number of hydrogen-bond donors (Lipinski definition) is 0. The molecule has 0 aliphatic rings. The standard InChI is InChI=1S/C34H25F3N4O2/c35-34(36,37)32-18-19-38-33(39-32)41-29(21-28(40-41)26-14-8-3-9-15-26)27-16-17-30(42-22-24-10-4-1-5-11-24)31(20-27)43-23-25-12-6-2-7-13-25/h1-21H,22-23H2. The second kappa shape index (κ2) is 12.2. The van der Waals surface area contributed by atoms with Crippen molar-refractivity contribution in [3.05, 3.63) is 144 Å². The number of alkyl halides is 3. The van der Waals surface area contributed by atoms with E-state index < -0.39 is 11.9 Å². The Labute approximate surface area is 246 Å². The Morgan fingerprint density at radius 3 is 1.86 bits per heavy atom. The first kappa shape index (κ1) is 27.7. The molecule has 0 aliphatic heterocycles. The number of halogens is 3. The van der Waals surface area contributed by atoms with Crippen molar-refractivity contribution < 1.29 is 22.6 Å². The van der Waals surface area contributed by atoms with Gasteiger partial charge in [0.1, 0.15) is 18.9 Å². The van der Waals surface area contributed by atoms with Crippen LogP contribution in [0.4, 0.5) is 13.2 Å². The summed E-state index contributed by atoms with van der Waals surface area (Å²) in [6.07, 6.45) is -3.56. The van der Waals surface area contributed by atoms with Gasteiger partial charge in [0, 0.05) is 17.3 Å². The smallest absolute Gasteiger partial charge is 0.433 e. The van der Waals surface area contributed by atoms with Crippen LogP contribution in [0.1, 0.15) is 16.8 Å². The van der Waals surface area contributed by atoms with Crippen molar-refractivity contribution in [3.63, 3.8) is 0 Å². The Balaban J connectivity index is 1.42. The monoisotopic (exact) mass is 578 g/mol. The van der Waals surface area contributed by atoms with Crippen molar-refractivity contribution >= 4 is 0 Å². The molecule has 2 aromatic heterocycles. The van der Waals surface area contributed by atoms with Crippen LogP contribution in [0.5, 0.6) is 11.5 Å². The minimum Gasteiger partial charge on any atom is -0.485 e. The Kier molecular flexibility index (Phi) is 7.86. The van der Waals surface area contributed by atoms with Gasteiger partial charge in [0.25, 0.3) is 5.95 Å². The van der Waals surface area contributed by atoms with Gasteiger partial charge in [0.05, 0.1) is 11.4 Å². The summed E-state index contributed by atoms with van der Waals surface area (Å²) in [4.78, 5) is 7.92. The van der Waals surface area contributed by atoms with Gasteiger partial charge >= 0.3 is 6.18 Å². The number of benzene rings is 4. The highest BCUT2D eigenvalue weighted by Crippen LogP contribution is 2.36. The maximum atomic E-state index is 13.5. The van der Waals surface area contributed by atoms with E-state index in [1.165, 1.54) is 4.68 Å². The number of rotatable bonds is 9. The second-order valence-electron chi connectivity index (χ2n) is 9.64. The molecule has 9 heteroatoms. The third kappa shape index (κ3) is 6.56. The first-order valence-corrected chi connectivity index (χ1v) is 13.5. The average Bonchev–Trinajstić information content (AvgIpc) is 3.50. The van der Waals surface area contributed by atoms with Crippen molar-refractivity contribution in [1.29, 1.82) is 0 Å². The molecule has 0 atom stereocenters. The molecule has 0 radical (unpaired) electrons. The Bertz CT molecular complexity index is 1810. The van der Waals surface area contributed by atoms with Crippen LogP contribution in [-0.4, -0.2) is 19.7 Å².